The smallest absolute Gasteiger partial charge is 0.225 e. The van der Waals surface area contributed by atoms with Crippen molar-refractivity contribution in [3.05, 3.63) is 28.3 Å². The Hall–Kier alpha value is -1.57. The quantitative estimate of drug-likeness (QED) is 0.704. The van der Waals surface area contributed by atoms with Gasteiger partial charge in [0, 0.05) is 37.3 Å². The molecule has 0 atom stereocenters. The number of rotatable bonds is 6. The first kappa shape index (κ1) is 19.4. The van der Waals surface area contributed by atoms with Crippen LogP contribution in [-0.4, -0.2) is 58.1 Å². The Bertz CT molecular complexity index is 836. The van der Waals surface area contributed by atoms with Crippen molar-refractivity contribution in [3.8, 4) is 0 Å². The van der Waals surface area contributed by atoms with Crippen molar-refractivity contribution < 1.29 is 0 Å². The Morgan fingerprint density at radius 1 is 1.10 bits per heavy atom. The zero-order valence-electron chi connectivity index (χ0n) is 17.6. The Kier molecular flexibility index (Phi) is 5.54. The Labute approximate surface area is 178 Å². The van der Waals surface area contributed by atoms with E-state index in [9.17, 15) is 0 Å². The molecule has 2 aromatic rings. The molecule has 6 nitrogen and oxygen atoms in total. The van der Waals surface area contributed by atoms with E-state index in [4.69, 9.17) is 4.98 Å². The summed E-state index contributed by atoms with van der Waals surface area (Å²) in [5, 5.41) is 12.1. The summed E-state index contributed by atoms with van der Waals surface area (Å²) in [6.07, 6.45) is 9.86. The molecule has 5 rings (SSSR count). The number of aryl methyl sites for hydroxylation is 2. The van der Waals surface area contributed by atoms with Crippen molar-refractivity contribution in [1.29, 1.82) is 0 Å². The monoisotopic (exact) mass is 412 g/mol. The lowest BCUT2D eigenvalue weighted by Crippen LogP contribution is -2.33. The molecule has 1 aromatic carbocycles. The molecule has 156 valence electrons. The van der Waals surface area contributed by atoms with Gasteiger partial charge in [0.2, 0.25) is 11.1 Å². The van der Waals surface area contributed by atoms with Gasteiger partial charge < -0.3 is 10.2 Å². The summed E-state index contributed by atoms with van der Waals surface area (Å²) in [4.78, 5) is 7.06. The Balaban J connectivity index is 1.24. The van der Waals surface area contributed by atoms with Gasteiger partial charge in [-0.3, -0.25) is 0 Å². The lowest BCUT2D eigenvalue weighted by molar-refractivity contribution is 0.233. The summed E-state index contributed by atoms with van der Waals surface area (Å²) in [5.41, 5.74) is 7.44. The van der Waals surface area contributed by atoms with Crippen LogP contribution in [-0.2, 0) is 25.7 Å². The number of aromatic nitrogens is 3. The average Bonchev–Trinajstić information content (AvgIpc) is 3.43. The highest BCUT2D eigenvalue weighted by atomic mass is 32.2. The normalized spacial score (nSPS) is 19.7. The second kappa shape index (κ2) is 8.28. The minimum atomic E-state index is 0.782. The van der Waals surface area contributed by atoms with Crippen LogP contribution >= 0.6 is 11.9 Å². The Morgan fingerprint density at radius 3 is 2.45 bits per heavy atom. The van der Waals surface area contributed by atoms with Crippen LogP contribution < -0.4 is 5.32 Å². The molecule has 1 aliphatic heterocycles. The maximum absolute atomic E-state index is 4.75. The fourth-order valence-corrected chi connectivity index (χ4v) is 6.09. The van der Waals surface area contributed by atoms with Crippen LogP contribution in [0.3, 0.4) is 0 Å². The molecule has 7 heteroatoms. The van der Waals surface area contributed by atoms with Crippen molar-refractivity contribution >= 4 is 23.6 Å². The van der Waals surface area contributed by atoms with Gasteiger partial charge in [-0.15, -0.1) is 5.10 Å². The van der Waals surface area contributed by atoms with Gasteiger partial charge in [-0.2, -0.15) is 4.98 Å². The first-order valence-electron chi connectivity index (χ1n) is 11.1. The third-order valence-corrected chi connectivity index (χ3v) is 7.56. The van der Waals surface area contributed by atoms with E-state index in [1.807, 2.05) is 0 Å². The molecule has 2 N–H and O–H groups in total. The van der Waals surface area contributed by atoms with E-state index in [1.165, 1.54) is 74.7 Å². The molecule has 0 bridgehead atoms. The molecule has 1 aromatic heterocycles. The highest BCUT2D eigenvalue weighted by molar-refractivity contribution is 7.96. The summed E-state index contributed by atoms with van der Waals surface area (Å²) in [6, 6.07) is 2.47. The third kappa shape index (κ3) is 4.18. The van der Waals surface area contributed by atoms with E-state index in [-0.39, 0.29) is 0 Å². The van der Waals surface area contributed by atoms with Crippen molar-refractivity contribution in [1.82, 2.24) is 24.4 Å². The highest BCUT2D eigenvalue weighted by Gasteiger charge is 2.25. The standard InChI is InChI=1S/C22H32N6S/c1-27(2)14-15-9-11-28(12-10-15)29-22-24-21(25-26-22)23-20-18-7-3-5-16(18)13-17-6-4-8-19(17)20/h13,15H,3-12,14H2,1-2H3,(H2,23,24,25,26). The molecule has 2 heterocycles. The molecule has 0 amide bonds. The number of hydrogen-bond acceptors (Lipinski definition) is 6. The van der Waals surface area contributed by atoms with Gasteiger partial charge in [-0.1, -0.05) is 6.07 Å². The van der Waals surface area contributed by atoms with Crippen molar-refractivity contribution in [2.24, 2.45) is 5.92 Å². The number of fused-ring (bicyclic) bond motifs is 2. The van der Waals surface area contributed by atoms with Gasteiger partial charge in [-0.25, -0.2) is 9.40 Å². The summed E-state index contributed by atoms with van der Waals surface area (Å²) in [7, 11) is 4.33. The van der Waals surface area contributed by atoms with Crippen LogP contribution in [0, 0.1) is 5.92 Å². The van der Waals surface area contributed by atoms with E-state index in [0.717, 1.165) is 30.1 Å². The molecule has 1 fully saturated rings. The molecular weight excluding hydrogens is 380 g/mol. The fourth-order valence-electron chi connectivity index (χ4n) is 5.24. The summed E-state index contributed by atoms with van der Waals surface area (Å²) >= 11 is 1.69. The molecule has 0 spiro atoms. The van der Waals surface area contributed by atoms with E-state index >= 15 is 0 Å². The minimum Gasteiger partial charge on any atom is -0.324 e. The summed E-state index contributed by atoms with van der Waals surface area (Å²) < 4.78 is 2.41. The predicted molar refractivity (Wildman–Crippen MR) is 119 cm³/mol. The van der Waals surface area contributed by atoms with Crippen molar-refractivity contribution in [2.45, 2.75) is 56.5 Å². The lowest BCUT2D eigenvalue weighted by atomic mass is 9.98. The average molecular weight is 413 g/mol. The number of piperidine rings is 1. The van der Waals surface area contributed by atoms with Crippen molar-refractivity contribution in [2.75, 3.05) is 39.0 Å². The number of nitrogens with one attached hydrogen (secondary N) is 2. The van der Waals surface area contributed by atoms with E-state index in [2.05, 4.69) is 44.9 Å². The maximum Gasteiger partial charge on any atom is 0.225 e. The number of aromatic amines is 1. The predicted octanol–water partition coefficient (Wildman–Crippen LogP) is 3.81. The van der Waals surface area contributed by atoms with Crippen LogP contribution in [0.2, 0.25) is 0 Å². The van der Waals surface area contributed by atoms with Crippen LogP contribution in [0.4, 0.5) is 11.6 Å². The Morgan fingerprint density at radius 2 is 1.79 bits per heavy atom. The SMILES string of the molecule is CN(C)CC1CCN(Sc2n[nH]c(Nc3c4c(cc5c3CCC5)CCC4)n2)CC1. The van der Waals surface area contributed by atoms with Gasteiger partial charge in [-0.05, 0) is 93.6 Å². The molecule has 0 unspecified atom stereocenters. The van der Waals surface area contributed by atoms with Gasteiger partial charge in [0.05, 0.1) is 0 Å². The second-order valence-electron chi connectivity index (χ2n) is 9.05. The first-order chi connectivity index (χ1) is 14.2. The van der Waals surface area contributed by atoms with Gasteiger partial charge in [0.15, 0.2) is 0 Å². The number of anilines is 2. The van der Waals surface area contributed by atoms with Gasteiger partial charge >= 0.3 is 0 Å². The van der Waals surface area contributed by atoms with Crippen LogP contribution in [0.1, 0.15) is 47.9 Å². The molecule has 1 saturated heterocycles. The largest absolute Gasteiger partial charge is 0.324 e. The van der Waals surface area contributed by atoms with E-state index in [1.54, 1.807) is 23.1 Å². The fraction of sp³-hybridized carbons (Fsp3) is 0.636. The molecule has 29 heavy (non-hydrogen) atoms. The molecule has 0 radical (unpaired) electrons. The summed E-state index contributed by atoms with van der Waals surface area (Å²) in [5.74, 6) is 1.60. The molecule has 0 saturated carbocycles. The topological polar surface area (TPSA) is 60.1 Å². The third-order valence-electron chi connectivity index (χ3n) is 6.59. The van der Waals surface area contributed by atoms with Gasteiger partial charge in [0.25, 0.3) is 0 Å². The van der Waals surface area contributed by atoms with Crippen LogP contribution in [0.5, 0.6) is 0 Å². The van der Waals surface area contributed by atoms with Gasteiger partial charge in [0.1, 0.15) is 0 Å². The molecule has 3 aliphatic rings. The maximum atomic E-state index is 4.75. The van der Waals surface area contributed by atoms with E-state index in [0.29, 0.717) is 0 Å². The number of benzene rings is 1. The number of nitrogens with zero attached hydrogens (tertiary/aromatic N) is 4. The zero-order valence-corrected chi connectivity index (χ0v) is 18.4. The summed E-state index contributed by atoms with van der Waals surface area (Å²) in [6.45, 7) is 3.42. The number of H-pyrrole nitrogens is 1. The van der Waals surface area contributed by atoms with Crippen LogP contribution in [0.15, 0.2) is 11.2 Å². The van der Waals surface area contributed by atoms with E-state index < -0.39 is 0 Å². The second-order valence-corrected chi connectivity index (χ2v) is 10.1. The van der Waals surface area contributed by atoms with Crippen LogP contribution in [0.25, 0.3) is 0 Å². The van der Waals surface area contributed by atoms with Crippen molar-refractivity contribution in [3.63, 3.8) is 0 Å². The molecular formula is C22H32N6S. The lowest BCUT2D eigenvalue weighted by Gasteiger charge is -2.31. The first-order valence-corrected chi connectivity index (χ1v) is 11.9. The molecule has 2 aliphatic carbocycles. The zero-order chi connectivity index (χ0) is 19.8. The highest BCUT2D eigenvalue weighted by Crippen LogP contribution is 2.39. The number of hydrogen-bond donors (Lipinski definition) is 2. The minimum absolute atomic E-state index is 0.782.